The van der Waals surface area contributed by atoms with E-state index in [0.29, 0.717) is 0 Å². The summed E-state index contributed by atoms with van der Waals surface area (Å²) in [6.45, 7) is 0.926. The Bertz CT molecular complexity index is 262. The van der Waals surface area contributed by atoms with Crippen LogP contribution in [0.1, 0.15) is 17.4 Å². The van der Waals surface area contributed by atoms with Crippen LogP contribution < -0.4 is 0 Å². The highest BCUT2D eigenvalue weighted by Gasteiger charge is 2.12. The van der Waals surface area contributed by atoms with Gasteiger partial charge in [0, 0.05) is 15.0 Å². The zero-order chi connectivity index (χ0) is 9.84. The largest absolute Gasteiger partial charge is 0.387 e. The van der Waals surface area contributed by atoms with E-state index in [2.05, 4.69) is 27.5 Å². The lowest BCUT2D eigenvalue weighted by atomic mass is 10.2. The van der Waals surface area contributed by atoms with Crippen LogP contribution in [0.25, 0.3) is 0 Å². The van der Waals surface area contributed by atoms with E-state index in [1.54, 1.807) is 11.3 Å². The number of aliphatic hydroxyl groups excluding tert-OH is 1. The van der Waals surface area contributed by atoms with Gasteiger partial charge in [-0.1, -0.05) is 0 Å². The molecule has 0 saturated carbocycles. The van der Waals surface area contributed by atoms with Gasteiger partial charge in [0.2, 0.25) is 0 Å². The highest BCUT2D eigenvalue weighted by Crippen LogP contribution is 2.27. The van der Waals surface area contributed by atoms with Gasteiger partial charge >= 0.3 is 0 Å². The van der Waals surface area contributed by atoms with Crippen molar-refractivity contribution in [3.05, 3.63) is 19.9 Å². The molecule has 1 aromatic heterocycles. The number of halogens is 1. The maximum Gasteiger partial charge on any atom is 0.0904 e. The van der Waals surface area contributed by atoms with Crippen LogP contribution in [0, 0.1) is 3.57 Å². The average Bonchev–Trinajstić information content (AvgIpc) is 2.47. The topological polar surface area (TPSA) is 23.5 Å². The molecule has 2 nitrogen and oxygen atoms in total. The quantitative estimate of drug-likeness (QED) is 0.863. The summed E-state index contributed by atoms with van der Waals surface area (Å²) in [6, 6.07) is 2.04. The lowest BCUT2D eigenvalue weighted by molar-refractivity contribution is 0.157. The monoisotopic (exact) mass is 311 g/mol. The fourth-order valence-corrected chi connectivity index (χ4v) is 3.03. The van der Waals surface area contributed by atoms with Crippen LogP contribution in [-0.2, 0) is 0 Å². The zero-order valence-electron chi connectivity index (χ0n) is 7.83. The lowest BCUT2D eigenvalue weighted by Gasteiger charge is -2.13. The Morgan fingerprint density at radius 2 is 2.31 bits per heavy atom. The molecule has 13 heavy (non-hydrogen) atoms. The maximum atomic E-state index is 9.82. The van der Waals surface area contributed by atoms with Gasteiger partial charge in [-0.3, -0.25) is 0 Å². The summed E-state index contributed by atoms with van der Waals surface area (Å²) < 4.78 is 1.17. The van der Waals surface area contributed by atoms with Gasteiger partial charge in [-0.15, -0.1) is 11.3 Å². The number of rotatable bonds is 4. The van der Waals surface area contributed by atoms with Gasteiger partial charge in [0.05, 0.1) is 6.10 Å². The fraction of sp³-hybridized carbons (Fsp3) is 0.556. The molecule has 1 N–H and O–H groups in total. The van der Waals surface area contributed by atoms with Crippen molar-refractivity contribution in [2.45, 2.75) is 12.5 Å². The SMILES string of the molecule is CN(C)CCC(O)c1sccc1I. The first kappa shape index (κ1) is 11.4. The first-order valence-electron chi connectivity index (χ1n) is 4.17. The average molecular weight is 311 g/mol. The molecule has 1 heterocycles. The molecule has 4 heteroatoms. The van der Waals surface area contributed by atoms with Gasteiger partial charge in [0.15, 0.2) is 0 Å². The van der Waals surface area contributed by atoms with Crippen molar-refractivity contribution in [2.24, 2.45) is 0 Å². The molecule has 1 aromatic rings. The minimum Gasteiger partial charge on any atom is -0.387 e. The number of thiophene rings is 1. The molecule has 0 radical (unpaired) electrons. The molecular formula is C9H14INOS. The van der Waals surface area contributed by atoms with Crippen LogP contribution in [0.3, 0.4) is 0 Å². The van der Waals surface area contributed by atoms with Gasteiger partial charge in [0.1, 0.15) is 0 Å². The Labute approximate surface area is 96.7 Å². The predicted molar refractivity (Wildman–Crippen MR) is 65.2 cm³/mol. The van der Waals surface area contributed by atoms with Gasteiger partial charge < -0.3 is 10.0 Å². The fourth-order valence-electron chi connectivity index (χ4n) is 1.05. The summed E-state index contributed by atoms with van der Waals surface area (Å²) in [7, 11) is 4.04. The van der Waals surface area contributed by atoms with E-state index >= 15 is 0 Å². The minimum absolute atomic E-state index is 0.297. The molecule has 1 rings (SSSR count). The van der Waals surface area contributed by atoms with Crippen molar-refractivity contribution in [2.75, 3.05) is 20.6 Å². The second-order valence-electron chi connectivity index (χ2n) is 3.24. The minimum atomic E-state index is -0.297. The number of hydrogen-bond acceptors (Lipinski definition) is 3. The summed E-state index contributed by atoms with van der Waals surface area (Å²) in [6.07, 6.45) is 0.512. The second kappa shape index (κ2) is 5.29. The van der Waals surface area contributed by atoms with E-state index in [-0.39, 0.29) is 6.10 Å². The van der Waals surface area contributed by atoms with Gasteiger partial charge in [-0.2, -0.15) is 0 Å². The number of nitrogens with zero attached hydrogens (tertiary/aromatic N) is 1. The molecule has 0 aliphatic heterocycles. The number of hydrogen-bond donors (Lipinski definition) is 1. The molecule has 1 atom stereocenters. The van der Waals surface area contributed by atoms with Crippen molar-refractivity contribution in [3.8, 4) is 0 Å². The third-order valence-corrected chi connectivity index (χ3v) is 4.12. The van der Waals surface area contributed by atoms with E-state index in [4.69, 9.17) is 0 Å². The molecular weight excluding hydrogens is 297 g/mol. The third kappa shape index (κ3) is 3.53. The van der Waals surface area contributed by atoms with E-state index in [1.807, 2.05) is 25.5 Å². The summed E-state index contributed by atoms with van der Waals surface area (Å²) in [5, 5.41) is 11.8. The van der Waals surface area contributed by atoms with Gasteiger partial charge in [-0.05, 0) is 54.6 Å². The summed E-state index contributed by atoms with van der Waals surface area (Å²) >= 11 is 3.90. The van der Waals surface area contributed by atoms with Crippen molar-refractivity contribution in [1.29, 1.82) is 0 Å². The van der Waals surface area contributed by atoms with Gasteiger partial charge in [0.25, 0.3) is 0 Å². The van der Waals surface area contributed by atoms with E-state index in [0.717, 1.165) is 17.8 Å². The van der Waals surface area contributed by atoms with E-state index in [1.165, 1.54) is 3.57 Å². The van der Waals surface area contributed by atoms with Crippen molar-refractivity contribution in [1.82, 2.24) is 4.90 Å². The Hall–Kier alpha value is 0.350. The molecule has 0 spiro atoms. The summed E-state index contributed by atoms with van der Waals surface area (Å²) in [5.41, 5.74) is 0. The standard InChI is InChI=1S/C9H14INOS/c1-11(2)5-3-8(12)9-7(10)4-6-13-9/h4,6,8,12H,3,5H2,1-2H3. The van der Waals surface area contributed by atoms with E-state index in [9.17, 15) is 5.11 Å². The Morgan fingerprint density at radius 1 is 1.62 bits per heavy atom. The number of aliphatic hydroxyl groups is 1. The molecule has 1 unspecified atom stereocenters. The first-order chi connectivity index (χ1) is 6.11. The third-order valence-electron chi connectivity index (χ3n) is 1.80. The summed E-state index contributed by atoms with van der Waals surface area (Å²) in [5.74, 6) is 0. The molecule has 0 saturated heterocycles. The molecule has 0 amide bonds. The molecule has 0 bridgehead atoms. The van der Waals surface area contributed by atoms with Crippen LogP contribution in [-0.4, -0.2) is 30.6 Å². The molecule has 0 aliphatic rings. The smallest absolute Gasteiger partial charge is 0.0904 e. The van der Waals surface area contributed by atoms with Crippen molar-refractivity contribution >= 4 is 33.9 Å². The van der Waals surface area contributed by atoms with Crippen LogP contribution in [0.15, 0.2) is 11.4 Å². The van der Waals surface area contributed by atoms with Crippen LogP contribution >= 0.6 is 33.9 Å². The highest BCUT2D eigenvalue weighted by atomic mass is 127. The van der Waals surface area contributed by atoms with Crippen molar-refractivity contribution in [3.63, 3.8) is 0 Å². The first-order valence-corrected chi connectivity index (χ1v) is 6.12. The molecule has 0 aliphatic carbocycles. The lowest BCUT2D eigenvalue weighted by Crippen LogP contribution is -2.15. The van der Waals surface area contributed by atoms with E-state index < -0.39 is 0 Å². The van der Waals surface area contributed by atoms with Gasteiger partial charge in [-0.25, -0.2) is 0 Å². The summed E-state index contributed by atoms with van der Waals surface area (Å²) in [4.78, 5) is 3.19. The maximum absolute atomic E-state index is 9.82. The normalized spacial score (nSPS) is 13.6. The predicted octanol–water partition coefficient (Wildman–Crippen LogP) is 2.34. The zero-order valence-corrected chi connectivity index (χ0v) is 10.8. The highest BCUT2D eigenvalue weighted by molar-refractivity contribution is 14.1. The second-order valence-corrected chi connectivity index (χ2v) is 5.35. The molecule has 0 fully saturated rings. The molecule has 74 valence electrons. The molecule has 0 aromatic carbocycles. The van der Waals surface area contributed by atoms with Crippen molar-refractivity contribution < 1.29 is 5.11 Å². The van der Waals surface area contributed by atoms with Crippen LogP contribution in [0.4, 0.5) is 0 Å². The van der Waals surface area contributed by atoms with Crippen LogP contribution in [0.2, 0.25) is 0 Å². The Balaban J connectivity index is 2.49. The Morgan fingerprint density at radius 3 is 2.77 bits per heavy atom. The Kier molecular flexibility index (Phi) is 4.64. The van der Waals surface area contributed by atoms with Crippen LogP contribution in [0.5, 0.6) is 0 Å².